The van der Waals surface area contributed by atoms with Crippen LogP contribution in [0.15, 0.2) is 48.8 Å². The minimum absolute atomic E-state index is 0.238. The third-order valence-electron chi connectivity index (χ3n) is 7.43. The summed E-state index contributed by atoms with van der Waals surface area (Å²) in [5.41, 5.74) is 2.30. The van der Waals surface area contributed by atoms with E-state index in [1.54, 1.807) is 17.0 Å². The summed E-state index contributed by atoms with van der Waals surface area (Å²) in [6.45, 7) is 0.493. The minimum Gasteiger partial charge on any atom is -0.389 e. The number of amides is 1. The molecule has 2 aliphatic rings. The number of pyridine rings is 1. The number of rotatable bonds is 5. The monoisotopic (exact) mass is 567 g/mol. The predicted octanol–water partition coefficient (Wildman–Crippen LogP) is 3.84. The largest absolute Gasteiger partial charge is 0.389 e. The van der Waals surface area contributed by atoms with Crippen molar-refractivity contribution in [3.63, 3.8) is 0 Å². The molecule has 1 amide bonds. The maximum Gasteiger partial charge on any atom is 0.229 e. The number of carbonyl (C=O) groups excluding carboxylic acids is 1. The number of imidazole rings is 1. The molecule has 11 heteroatoms. The zero-order chi connectivity index (χ0) is 26.6. The second-order valence-electron chi connectivity index (χ2n) is 9.57. The number of hydrogen-bond donors (Lipinski definition) is 4. The van der Waals surface area contributed by atoms with Gasteiger partial charge in [-0.3, -0.25) is 4.79 Å². The lowest BCUT2D eigenvalue weighted by Gasteiger charge is -2.23. The molecule has 0 radical (unpaired) electrons. The lowest BCUT2D eigenvalue weighted by Crippen LogP contribution is -2.41. The van der Waals surface area contributed by atoms with Gasteiger partial charge in [-0.25, -0.2) is 9.97 Å². The molecule has 6 rings (SSSR count). The molecule has 4 aromatic rings. The van der Waals surface area contributed by atoms with Crippen LogP contribution in [-0.2, 0) is 11.3 Å². The molecule has 3 heterocycles. The molecule has 1 aromatic carbocycles. The van der Waals surface area contributed by atoms with Crippen molar-refractivity contribution < 1.29 is 15.0 Å². The fourth-order valence-corrected chi connectivity index (χ4v) is 6.67. The van der Waals surface area contributed by atoms with Gasteiger partial charge in [-0.05, 0) is 54.2 Å². The van der Waals surface area contributed by atoms with Crippen molar-refractivity contribution in [1.29, 1.82) is 0 Å². The van der Waals surface area contributed by atoms with Crippen LogP contribution in [-0.4, -0.2) is 49.9 Å². The highest BCUT2D eigenvalue weighted by atomic mass is 35.5. The number of aliphatic hydroxyl groups is 2. The molecule has 194 valence electrons. The Labute approximate surface area is 232 Å². The van der Waals surface area contributed by atoms with E-state index in [-0.39, 0.29) is 11.8 Å². The van der Waals surface area contributed by atoms with Crippen LogP contribution in [0.3, 0.4) is 0 Å². The smallest absolute Gasteiger partial charge is 0.229 e. The molecule has 38 heavy (non-hydrogen) atoms. The van der Waals surface area contributed by atoms with Gasteiger partial charge in [-0.15, -0.1) is 11.3 Å². The molecule has 3 aromatic heterocycles. The quantitative estimate of drug-likeness (QED) is 0.272. The molecular weight excluding hydrogens is 545 g/mol. The molecule has 0 spiro atoms. The molecule has 0 bridgehead atoms. The average molecular weight is 568 g/mol. The van der Waals surface area contributed by atoms with E-state index < -0.39 is 23.7 Å². The first-order valence-corrected chi connectivity index (χ1v) is 13.6. The molecule has 0 saturated heterocycles. The van der Waals surface area contributed by atoms with Crippen LogP contribution < -0.4 is 10.6 Å². The second kappa shape index (κ2) is 9.56. The van der Waals surface area contributed by atoms with Crippen molar-refractivity contribution in [2.24, 2.45) is 11.3 Å². The van der Waals surface area contributed by atoms with E-state index >= 15 is 0 Å². The summed E-state index contributed by atoms with van der Waals surface area (Å²) >= 11 is 13.6. The molecule has 2 aliphatic carbocycles. The molecule has 8 nitrogen and oxygen atoms in total. The van der Waals surface area contributed by atoms with Crippen molar-refractivity contribution in [3.8, 4) is 11.8 Å². The molecule has 0 aliphatic heterocycles. The second-order valence-corrected chi connectivity index (χ2v) is 11.7. The van der Waals surface area contributed by atoms with Gasteiger partial charge >= 0.3 is 0 Å². The summed E-state index contributed by atoms with van der Waals surface area (Å²) in [5.74, 6) is 5.71. The van der Waals surface area contributed by atoms with Crippen molar-refractivity contribution >= 4 is 57.3 Å². The summed E-state index contributed by atoms with van der Waals surface area (Å²) in [5, 5.41) is 28.5. The van der Waals surface area contributed by atoms with E-state index in [1.165, 1.54) is 18.4 Å². The Morgan fingerprint density at radius 3 is 2.82 bits per heavy atom. The Morgan fingerprint density at radius 1 is 1.24 bits per heavy atom. The number of aliphatic hydroxyl groups excluding tert-OH is 2. The van der Waals surface area contributed by atoms with Gasteiger partial charge in [0, 0.05) is 24.5 Å². The number of thiophene rings is 1. The summed E-state index contributed by atoms with van der Waals surface area (Å²) < 4.78 is 2.42. The number of aromatic nitrogens is 3. The topological polar surface area (TPSA) is 112 Å². The number of nitrogens with zero attached hydrogens (tertiary/aromatic N) is 3. The first-order valence-electron chi connectivity index (χ1n) is 12.0. The van der Waals surface area contributed by atoms with E-state index in [9.17, 15) is 15.0 Å². The van der Waals surface area contributed by atoms with Gasteiger partial charge in [0.2, 0.25) is 5.91 Å². The van der Waals surface area contributed by atoms with Gasteiger partial charge in [0.15, 0.2) is 5.65 Å². The number of fused-ring (bicyclic) bond motifs is 2. The SMILES string of the molecule is CNC(=O)C12CC1[C@@H](n1cnc3c(NCc4cccc(Cl)c4)cc(C#Cc4ccc(Cl)s4)nc31)[C@H](O)[C@@H]2O. The Morgan fingerprint density at radius 2 is 2.08 bits per heavy atom. The predicted molar refractivity (Wildman–Crippen MR) is 147 cm³/mol. The Hall–Kier alpha value is -3.13. The molecule has 2 fully saturated rings. The Balaban J connectivity index is 1.41. The fourth-order valence-electron chi connectivity index (χ4n) is 5.56. The summed E-state index contributed by atoms with van der Waals surface area (Å²) in [6, 6.07) is 12.5. The van der Waals surface area contributed by atoms with Crippen molar-refractivity contribution in [3.05, 3.63) is 74.3 Å². The molecule has 2 saturated carbocycles. The average Bonchev–Trinajstić information content (AvgIpc) is 3.15. The number of hydrogen-bond acceptors (Lipinski definition) is 7. The van der Waals surface area contributed by atoms with E-state index in [2.05, 4.69) is 27.5 Å². The van der Waals surface area contributed by atoms with Gasteiger partial charge in [-0.2, -0.15) is 0 Å². The summed E-state index contributed by atoms with van der Waals surface area (Å²) in [7, 11) is 1.54. The van der Waals surface area contributed by atoms with Gasteiger partial charge in [0.1, 0.15) is 17.3 Å². The minimum atomic E-state index is -1.18. The van der Waals surface area contributed by atoms with Crippen molar-refractivity contribution in [1.82, 2.24) is 19.9 Å². The molecule has 2 unspecified atom stereocenters. The van der Waals surface area contributed by atoms with Crippen LogP contribution >= 0.6 is 34.5 Å². The molecular formula is C27H23Cl2N5O3S. The number of halogens is 2. The van der Waals surface area contributed by atoms with Crippen LogP contribution in [0.25, 0.3) is 11.2 Å². The van der Waals surface area contributed by atoms with Gasteiger partial charge in [0.25, 0.3) is 0 Å². The highest BCUT2D eigenvalue weighted by Crippen LogP contribution is 2.67. The highest BCUT2D eigenvalue weighted by molar-refractivity contribution is 7.16. The first-order chi connectivity index (χ1) is 18.3. The van der Waals surface area contributed by atoms with Gasteiger partial charge < -0.3 is 25.4 Å². The third-order valence-corrected chi connectivity index (χ3v) is 8.81. The van der Waals surface area contributed by atoms with Crippen LogP contribution in [0.2, 0.25) is 9.36 Å². The van der Waals surface area contributed by atoms with Crippen LogP contribution in [0, 0.1) is 23.2 Å². The van der Waals surface area contributed by atoms with E-state index in [0.717, 1.165) is 10.4 Å². The maximum absolute atomic E-state index is 12.6. The third kappa shape index (κ3) is 4.13. The van der Waals surface area contributed by atoms with Crippen LogP contribution in [0.5, 0.6) is 0 Å². The van der Waals surface area contributed by atoms with Crippen LogP contribution in [0.1, 0.15) is 28.6 Å². The number of nitrogens with one attached hydrogen (secondary N) is 2. The van der Waals surface area contributed by atoms with Crippen LogP contribution in [0.4, 0.5) is 5.69 Å². The zero-order valence-corrected chi connectivity index (χ0v) is 22.5. The highest BCUT2D eigenvalue weighted by Gasteiger charge is 2.75. The standard InChI is InChI=1S/C27H23Cl2N5O3S/c1-30-26(37)27-11-18(27)22(23(35)24(27)36)34-13-32-21-19(31-12-14-3-2-4-15(28)9-14)10-16(33-25(21)34)5-6-17-7-8-20(29)38-17/h2-4,7-10,13,18,22-24,35-36H,11-12H2,1H3,(H,30,37)(H,31,33)/t18?,22-,23+,24+,27?/m1/s1. The first kappa shape index (κ1) is 25.2. The summed E-state index contributed by atoms with van der Waals surface area (Å²) in [6.07, 6.45) is -0.233. The number of anilines is 1. The zero-order valence-electron chi connectivity index (χ0n) is 20.2. The van der Waals surface area contributed by atoms with Crippen molar-refractivity contribution in [2.45, 2.75) is 31.2 Å². The maximum atomic E-state index is 12.6. The lowest BCUT2D eigenvalue weighted by molar-refractivity contribution is -0.132. The van der Waals surface area contributed by atoms with Gasteiger partial charge in [-0.1, -0.05) is 35.3 Å². The number of carbonyl (C=O) groups is 1. The van der Waals surface area contributed by atoms with Gasteiger partial charge in [0.05, 0.1) is 38.8 Å². The Bertz CT molecular complexity index is 1630. The molecule has 5 atom stereocenters. The van der Waals surface area contributed by atoms with E-state index in [4.69, 9.17) is 28.2 Å². The van der Waals surface area contributed by atoms with Crippen molar-refractivity contribution in [2.75, 3.05) is 12.4 Å². The van der Waals surface area contributed by atoms with E-state index in [1.807, 2.05) is 36.4 Å². The molecule has 4 N–H and O–H groups in total. The normalized spacial score (nSPS) is 25.5. The summed E-state index contributed by atoms with van der Waals surface area (Å²) in [4.78, 5) is 22.8. The van der Waals surface area contributed by atoms with E-state index in [0.29, 0.717) is 44.9 Å². The fraction of sp³-hybridized carbons (Fsp3) is 0.296. The number of benzene rings is 1. The Kier molecular flexibility index (Phi) is 6.33. The lowest BCUT2D eigenvalue weighted by atomic mass is 9.98.